The van der Waals surface area contributed by atoms with Crippen LogP contribution in [-0.2, 0) is 9.59 Å². The third kappa shape index (κ3) is 4.29. The number of aliphatic carboxylic acids is 1. The van der Waals surface area contributed by atoms with Crippen LogP contribution in [0.5, 0.6) is 0 Å². The van der Waals surface area contributed by atoms with E-state index in [9.17, 15) is 9.59 Å². The van der Waals surface area contributed by atoms with Gasteiger partial charge in [-0.2, -0.15) is 5.10 Å². The highest BCUT2D eigenvalue weighted by Gasteiger charge is 2.32. The van der Waals surface area contributed by atoms with Crippen molar-refractivity contribution in [3.05, 3.63) is 35.7 Å². The Morgan fingerprint density at radius 1 is 1.40 bits per heavy atom. The van der Waals surface area contributed by atoms with Crippen LogP contribution in [0.4, 0.5) is 0 Å². The van der Waals surface area contributed by atoms with Gasteiger partial charge in [-0.3, -0.25) is 9.59 Å². The van der Waals surface area contributed by atoms with Crippen molar-refractivity contribution in [1.29, 1.82) is 0 Å². The van der Waals surface area contributed by atoms with E-state index in [1.54, 1.807) is 6.92 Å². The van der Waals surface area contributed by atoms with Gasteiger partial charge in [0.25, 0.3) is 0 Å². The van der Waals surface area contributed by atoms with E-state index in [0.29, 0.717) is 11.8 Å². The van der Waals surface area contributed by atoms with Crippen LogP contribution in [0.1, 0.15) is 17.9 Å². The molecule has 9 nitrogen and oxygen atoms in total. The number of aromatic nitrogens is 2. The lowest BCUT2D eigenvalue weighted by Gasteiger charge is -1.97. The highest BCUT2D eigenvalue weighted by Crippen LogP contribution is 2.22. The summed E-state index contributed by atoms with van der Waals surface area (Å²) in [7, 11) is 0. The number of nitrogens with zero attached hydrogens (tertiary/aromatic N) is 4. The van der Waals surface area contributed by atoms with E-state index in [4.69, 9.17) is 9.52 Å². The second kappa shape index (κ2) is 7.26. The highest BCUT2D eigenvalue weighted by molar-refractivity contribution is 8.15. The molecular weight excluding hydrogens is 346 g/mol. The fourth-order valence-corrected chi connectivity index (χ4v) is 2.93. The van der Waals surface area contributed by atoms with Crippen LogP contribution >= 0.6 is 11.8 Å². The Kier molecular flexibility index (Phi) is 4.89. The standard InChI is InChI=1S/C15H13N5O4S/c1-8-18-19-14(24-8)10-4-2-9(3-5-10)7-16-20-15-17-13(23)11(25-15)6-12(21)22/h2-5,7,11H,6H2,1H3,(H,21,22)(H,17,20,23). The smallest absolute Gasteiger partial charge is 0.305 e. The molecule has 1 amide bonds. The van der Waals surface area contributed by atoms with Crippen molar-refractivity contribution in [3.8, 4) is 11.5 Å². The summed E-state index contributed by atoms with van der Waals surface area (Å²) in [5.74, 6) is -0.473. The molecule has 0 spiro atoms. The summed E-state index contributed by atoms with van der Waals surface area (Å²) >= 11 is 1.05. The Labute approximate surface area is 146 Å². The first-order valence-electron chi connectivity index (χ1n) is 7.22. The maximum atomic E-state index is 11.6. The minimum Gasteiger partial charge on any atom is -0.481 e. The third-order valence-corrected chi connectivity index (χ3v) is 4.25. The Balaban J connectivity index is 1.62. The molecule has 0 saturated carbocycles. The van der Waals surface area contributed by atoms with Crippen molar-refractivity contribution in [1.82, 2.24) is 15.5 Å². The van der Waals surface area contributed by atoms with Crippen LogP contribution in [-0.4, -0.2) is 43.8 Å². The van der Waals surface area contributed by atoms with E-state index in [-0.39, 0.29) is 17.5 Å². The third-order valence-electron chi connectivity index (χ3n) is 3.18. The van der Waals surface area contributed by atoms with Crippen molar-refractivity contribution in [3.63, 3.8) is 0 Å². The molecular formula is C15H13N5O4S. The fourth-order valence-electron chi connectivity index (χ4n) is 2.02. The second-order valence-electron chi connectivity index (χ2n) is 5.09. The van der Waals surface area contributed by atoms with Gasteiger partial charge in [0.2, 0.25) is 17.7 Å². The summed E-state index contributed by atoms with van der Waals surface area (Å²) in [6.07, 6.45) is 1.27. The van der Waals surface area contributed by atoms with Gasteiger partial charge in [-0.1, -0.05) is 23.9 Å². The van der Waals surface area contributed by atoms with Crippen molar-refractivity contribution in [2.24, 2.45) is 10.2 Å². The number of carboxylic acids is 1. The molecule has 1 saturated heterocycles. The number of carbonyl (C=O) groups is 2. The monoisotopic (exact) mass is 359 g/mol. The maximum Gasteiger partial charge on any atom is 0.305 e. The zero-order valence-electron chi connectivity index (χ0n) is 13.0. The Hall–Kier alpha value is -3.01. The van der Waals surface area contributed by atoms with Gasteiger partial charge in [0, 0.05) is 12.5 Å². The lowest BCUT2D eigenvalue weighted by Crippen LogP contribution is -2.26. The van der Waals surface area contributed by atoms with Gasteiger partial charge in [0.15, 0.2) is 5.17 Å². The van der Waals surface area contributed by atoms with Crippen LogP contribution in [0.2, 0.25) is 0 Å². The molecule has 2 aromatic rings. The summed E-state index contributed by atoms with van der Waals surface area (Å²) in [5.41, 5.74) is 1.58. The molecule has 3 rings (SSSR count). The lowest BCUT2D eigenvalue weighted by atomic mass is 10.1. The largest absolute Gasteiger partial charge is 0.481 e. The fraction of sp³-hybridized carbons (Fsp3) is 0.200. The molecule has 1 aliphatic rings. The van der Waals surface area contributed by atoms with Gasteiger partial charge in [-0.15, -0.1) is 15.3 Å². The normalized spacial score (nSPS) is 18.8. The van der Waals surface area contributed by atoms with Gasteiger partial charge < -0.3 is 14.8 Å². The van der Waals surface area contributed by atoms with Crippen LogP contribution < -0.4 is 5.32 Å². The predicted molar refractivity (Wildman–Crippen MR) is 91.3 cm³/mol. The average molecular weight is 359 g/mol. The van der Waals surface area contributed by atoms with Crippen LogP contribution in [0, 0.1) is 6.92 Å². The van der Waals surface area contributed by atoms with Gasteiger partial charge in [0.1, 0.15) is 5.25 Å². The molecule has 1 fully saturated rings. The summed E-state index contributed by atoms with van der Waals surface area (Å²) in [5, 5.41) is 26.3. The first kappa shape index (κ1) is 16.8. The number of hydrogen-bond acceptors (Lipinski definition) is 8. The van der Waals surface area contributed by atoms with E-state index in [2.05, 4.69) is 25.7 Å². The number of nitrogens with one attached hydrogen (secondary N) is 1. The van der Waals surface area contributed by atoms with E-state index in [1.807, 2.05) is 24.3 Å². The highest BCUT2D eigenvalue weighted by atomic mass is 32.2. The first-order chi connectivity index (χ1) is 12.0. The van der Waals surface area contributed by atoms with E-state index >= 15 is 0 Å². The molecule has 2 N–H and O–H groups in total. The minimum atomic E-state index is -1.03. The molecule has 1 aromatic carbocycles. The first-order valence-corrected chi connectivity index (χ1v) is 8.10. The molecule has 1 aromatic heterocycles. The summed E-state index contributed by atoms with van der Waals surface area (Å²) < 4.78 is 5.34. The average Bonchev–Trinajstić information content (AvgIpc) is 3.14. The van der Waals surface area contributed by atoms with Crippen molar-refractivity contribution < 1.29 is 19.1 Å². The van der Waals surface area contributed by atoms with Crippen molar-refractivity contribution in [2.45, 2.75) is 18.6 Å². The molecule has 0 radical (unpaired) electrons. The molecule has 128 valence electrons. The van der Waals surface area contributed by atoms with Crippen LogP contribution in [0.25, 0.3) is 11.5 Å². The Morgan fingerprint density at radius 2 is 2.16 bits per heavy atom. The molecule has 25 heavy (non-hydrogen) atoms. The molecule has 1 aliphatic heterocycles. The molecule has 0 aliphatic carbocycles. The van der Waals surface area contributed by atoms with Crippen molar-refractivity contribution in [2.75, 3.05) is 0 Å². The van der Waals surface area contributed by atoms with Crippen LogP contribution in [0.15, 0.2) is 38.9 Å². The second-order valence-corrected chi connectivity index (χ2v) is 6.28. The number of thioether (sulfide) groups is 1. The lowest BCUT2D eigenvalue weighted by molar-refractivity contribution is -0.138. The number of amidine groups is 1. The van der Waals surface area contributed by atoms with E-state index in [0.717, 1.165) is 22.9 Å². The van der Waals surface area contributed by atoms with Gasteiger partial charge in [-0.05, 0) is 17.7 Å². The molecule has 2 heterocycles. The van der Waals surface area contributed by atoms with E-state index in [1.165, 1.54) is 6.21 Å². The Bertz CT molecular complexity index is 859. The summed E-state index contributed by atoms with van der Waals surface area (Å²) in [6, 6.07) is 7.26. The number of carbonyl (C=O) groups excluding carboxylic acids is 1. The number of rotatable bonds is 5. The van der Waals surface area contributed by atoms with Gasteiger partial charge in [-0.25, -0.2) is 0 Å². The van der Waals surface area contributed by atoms with Gasteiger partial charge in [0.05, 0.1) is 12.6 Å². The quantitative estimate of drug-likeness (QED) is 0.610. The molecule has 1 unspecified atom stereocenters. The number of aryl methyl sites for hydroxylation is 1. The number of amides is 1. The Morgan fingerprint density at radius 3 is 2.80 bits per heavy atom. The van der Waals surface area contributed by atoms with Gasteiger partial charge >= 0.3 is 5.97 Å². The summed E-state index contributed by atoms with van der Waals surface area (Å²) in [6.45, 7) is 1.72. The zero-order chi connectivity index (χ0) is 17.8. The van der Waals surface area contributed by atoms with Crippen molar-refractivity contribution >= 4 is 35.0 Å². The molecule has 1 atom stereocenters. The maximum absolute atomic E-state index is 11.6. The zero-order valence-corrected chi connectivity index (χ0v) is 13.9. The molecule has 0 bridgehead atoms. The molecule has 10 heteroatoms. The number of benzene rings is 1. The SMILES string of the molecule is Cc1nnc(-c2ccc(C=NN=C3NC(=O)C(CC(=O)O)S3)cc2)o1. The predicted octanol–water partition coefficient (Wildman–Crippen LogP) is 1.44. The topological polar surface area (TPSA) is 130 Å². The minimum absolute atomic E-state index is 0.254. The van der Waals surface area contributed by atoms with E-state index < -0.39 is 11.2 Å². The summed E-state index contributed by atoms with van der Waals surface area (Å²) in [4.78, 5) is 22.2. The number of hydrogen-bond donors (Lipinski definition) is 2. The van der Waals surface area contributed by atoms with Crippen LogP contribution in [0.3, 0.4) is 0 Å². The number of carboxylic acid groups (broad SMARTS) is 1.